The van der Waals surface area contributed by atoms with Crippen LogP contribution in [0.25, 0.3) is 0 Å². The van der Waals surface area contributed by atoms with Gasteiger partial charge in [0, 0.05) is 11.4 Å². The zero-order valence-electron chi connectivity index (χ0n) is 18.6. The molecular formula is C24H27N3O5. The van der Waals surface area contributed by atoms with E-state index in [2.05, 4.69) is 16.0 Å². The van der Waals surface area contributed by atoms with Gasteiger partial charge in [-0.05, 0) is 56.5 Å². The molecule has 0 radical (unpaired) electrons. The SMILES string of the molecule is CCOC(=O)C1=C(C)NC(=O)N[C@H]1c1ccc(OCC(=O)Nc2c(C)cccc2C)cc1. The molecule has 1 aliphatic heterocycles. The van der Waals surface area contributed by atoms with Crippen LogP contribution in [0, 0.1) is 13.8 Å². The zero-order chi connectivity index (χ0) is 23.3. The van der Waals surface area contributed by atoms with E-state index in [0.717, 1.165) is 16.8 Å². The second-order valence-corrected chi connectivity index (χ2v) is 7.46. The summed E-state index contributed by atoms with van der Waals surface area (Å²) in [5.41, 5.74) is 4.22. The molecule has 8 nitrogen and oxygen atoms in total. The molecule has 1 atom stereocenters. The first-order chi connectivity index (χ1) is 15.3. The van der Waals surface area contributed by atoms with E-state index in [1.807, 2.05) is 32.0 Å². The normalized spacial score (nSPS) is 15.5. The van der Waals surface area contributed by atoms with Gasteiger partial charge in [0.05, 0.1) is 18.2 Å². The molecule has 0 aromatic heterocycles. The van der Waals surface area contributed by atoms with Gasteiger partial charge in [-0.15, -0.1) is 0 Å². The quantitative estimate of drug-likeness (QED) is 0.575. The average molecular weight is 437 g/mol. The maximum absolute atomic E-state index is 12.4. The number of carbonyl (C=O) groups excluding carboxylic acids is 3. The van der Waals surface area contributed by atoms with Crippen molar-refractivity contribution >= 4 is 23.6 Å². The molecule has 168 valence electrons. The first-order valence-corrected chi connectivity index (χ1v) is 10.3. The highest BCUT2D eigenvalue weighted by atomic mass is 16.5. The summed E-state index contributed by atoms with van der Waals surface area (Å²) in [6.45, 7) is 7.33. The Morgan fingerprint density at radius 1 is 1.03 bits per heavy atom. The van der Waals surface area contributed by atoms with Crippen LogP contribution in [0.5, 0.6) is 5.75 Å². The van der Waals surface area contributed by atoms with Gasteiger partial charge in [0.15, 0.2) is 6.61 Å². The highest BCUT2D eigenvalue weighted by Crippen LogP contribution is 2.29. The summed E-state index contributed by atoms with van der Waals surface area (Å²) in [7, 11) is 0. The number of allylic oxidation sites excluding steroid dienone is 1. The first-order valence-electron chi connectivity index (χ1n) is 10.3. The predicted octanol–water partition coefficient (Wildman–Crippen LogP) is 3.51. The van der Waals surface area contributed by atoms with E-state index in [4.69, 9.17) is 9.47 Å². The number of anilines is 1. The third-order valence-electron chi connectivity index (χ3n) is 5.09. The summed E-state index contributed by atoms with van der Waals surface area (Å²) in [5.74, 6) is -0.268. The second kappa shape index (κ2) is 10.00. The van der Waals surface area contributed by atoms with Gasteiger partial charge in [-0.25, -0.2) is 9.59 Å². The van der Waals surface area contributed by atoms with E-state index in [1.165, 1.54) is 0 Å². The molecule has 0 spiro atoms. The molecule has 3 N–H and O–H groups in total. The monoisotopic (exact) mass is 437 g/mol. The second-order valence-electron chi connectivity index (χ2n) is 7.46. The molecule has 0 fully saturated rings. The van der Waals surface area contributed by atoms with Crippen molar-refractivity contribution in [3.63, 3.8) is 0 Å². The largest absolute Gasteiger partial charge is 0.484 e. The molecule has 1 heterocycles. The van der Waals surface area contributed by atoms with Gasteiger partial charge in [-0.3, -0.25) is 4.79 Å². The number of benzene rings is 2. The van der Waals surface area contributed by atoms with Crippen molar-refractivity contribution in [3.8, 4) is 5.75 Å². The Labute approximate surface area is 187 Å². The number of amides is 3. The number of para-hydroxylation sites is 1. The minimum atomic E-state index is -0.649. The Kier molecular flexibility index (Phi) is 7.14. The summed E-state index contributed by atoms with van der Waals surface area (Å²) in [5, 5.41) is 8.22. The van der Waals surface area contributed by atoms with Crippen LogP contribution in [0.2, 0.25) is 0 Å². The number of hydrogen-bond acceptors (Lipinski definition) is 5. The zero-order valence-corrected chi connectivity index (χ0v) is 18.6. The van der Waals surface area contributed by atoms with Gasteiger partial charge < -0.3 is 25.4 Å². The van der Waals surface area contributed by atoms with Crippen LogP contribution in [0.3, 0.4) is 0 Å². The van der Waals surface area contributed by atoms with Crippen molar-refractivity contribution in [1.29, 1.82) is 0 Å². The average Bonchev–Trinajstić information content (AvgIpc) is 2.75. The summed E-state index contributed by atoms with van der Waals surface area (Å²) in [4.78, 5) is 36.7. The summed E-state index contributed by atoms with van der Waals surface area (Å²) in [6.07, 6.45) is 0. The summed E-state index contributed by atoms with van der Waals surface area (Å²) < 4.78 is 10.7. The summed E-state index contributed by atoms with van der Waals surface area (Å²) in [6, 6.07) is 11.6. The van der Waals surface area contributed by atoms with E-state index >= 15 is 0 Å². The Balaban J connectivity index is 1.68. The number of ether oxygens (including phenoxy) is 2. The molecule has 3 amide bonds. The van der Waals surface area contributed by atoms with Crippen LogP contribution >= 0.6 is 0 Å². The number of urea groups is 1. The van der Waals surface area contributed by atoms with Crippen LogP contribution in [0.15, 0.2) is 53.7 Å². The molecule has 2 aromatic carbocycles. The molecule has 0 aliphatic carbocycles. The Morgan fingerprint density at radius 2 is 1.69 bits per heavy atom. The van der Waals surface area contributed by atoms with E-state index in [9.17, 15) is 14.4 Å². The number of hydrogen-bond donors (Lipinski definition) is 3. The number of carbonyl (C=O) groups is 3. The molecule has 0 saturated heterocycles. The van der Waals surface area contributed by atoms with Gasteiger partial charge in [-0.1, -0.05) is 30.3 Å². The van der Waals surface area contributed by atoms with Crippen molar-refractivity contribution in [2.75, 3.05) is 18.5 Å². The number of esters is 1. The molecular weight excluding hydrogens is 410 g/mol. The minimum absolute atomic E-state index is 0.149. The van der Waals surface area contributed by atoms with Gasteiger partial charge in [0.25, 0.3) is 5.91 Å². The Bertz CT molecular complexity index is 1040. The fraction of sp³-hybridized carbons (Fsp3) is 0.292. The highest BCUT2D eigenvalue weighted by molar-refractivity contribution is 5.95. The molecule has 2 aromatic rings. The van der Waals surface area contributed by atoms with Gasteiger partial charge in [-0.2, -0.15) is 0 Å². The van der Waals surface area contributed by atoms with E-state index in [0.29, 0.717) is 22.6 Å². The minimum Gasteiger partial charge on any atom is -0.484 e. The fourth-order valence-electron chi connectivity index (χ4n) is 3.52. The van der Waals surface area contributed by atoms with Crippen LogP contribution in [-0.4, -0.2) is 31.1 Å². The highest BCUT2D eigenvalue weighted by Gasteiger charge is 2.32. The molecule has 0 saturated carbocycles. The number of nitrogens with one attached hydrogen (secondary N) is 3. The van der Waals surface area contributed by atoms with Gasteiger partial charge in [0.1, 0.15) is 5.75 Å². The van der Waals surface area contributed by atoms with Crippen molar-refractivity contribution in [1.82, 2.24) is 10.6 Å². The molecule has 32 heavy (non-hydrogen) atoms. The lowest BCUT2D eigenvalue weighted by atomic mass is 9.95. The Morgan fingerprint density at radius 3 is 2.31 bits per heavy atom. The Hall–Kier alpha value is -3.81. The molecule has 8 heteroatoms. The number of rotatable bonds is 7. The van der Waals surface area contributed by atoms with Gasteiger partial charge >= 0.3 is 12.0 Å². The van der Waals surface area contributed by atoms with Gasteiger partial charge in [0.2, 0.25) is 0 Å². The molecule has 0 unspecified atom stereocenters. The van der Waals surface area contributed by atoms with Crippen LogP contribution < -0.4 is 20.7 Å². The summed E-state index contributed by atoms with van der Waals surface area (Å²) >= 11 is 0. The maximum atomic E-state index is 12.4. The van der Waals surface area contributed by atoms with E-state index < -0.39 is 18.0 Å². The van der Waals surface area contributed by atoms with Crippen molar-refractivity contribution in [2.24, 2.45) is 0 Å². The predicted molar refractivity (Wildman–Crippen MR) is 120 cm³/mol. The lowest BCUT2D eigenvalue weighted by molar-refractivity contribution is -0.139. The first kappa shape index (κ1) is 22.9. The van der Waals surface area contributed by atoms with Crippen LogP contribution in [0.4, 0.5) is 10.5 Å². The molecule has 3 rings (SSSR count). The standard InChI is InChI=1S/C24H27N3O5/c1-5-31-23(29)20-16(4)25-24(30)27-22(20)17-9-11-18(12-10-17)32-13-19(28)26-21-14(2)7-6-8-15(21)3/h6-12,22H,5,13H2,1-4H3,(H,26,28)(H2,25,27,30)/t22-/m0/s1. The van der Waals surface area contributed by atoms with E-state index in [1.54, 1.807) is 38.1 Å². The van der Waals surface area contributed by atoms with Crippen LogP contribution in [0.1, 0.15) is 36.6 Å². The third kappa shape index (κ3) is 5.26. The van der Waals surface area contributed by atoms with Crippen molar-refractivity contribution in [2.45, 2.75) is 33.7 Å². The lowest BCUT2D eigenvalue weighted by Crippen LogP contribution is -2.45. The van der Waals surface area contributed by atoms with Crippen molar-refractivity contribution in [3.05, 3.63) is 70.4 Å². The van der Waals surface area contributed by atoms with Crippen molar-refractivity contribution < 1.29 is 23.9 Å². The molecule has 1 aliphatic rings. The lowest BCUT2D eigenvalue weighted by Gasteiger charge is -2.28. The topological polar surface area (TPSA) is 106 Å². The third-order valence-corrected chi connectivity index (χ3v) is 5.09. The van der Waals surface area contributed by atoms with E-state index in [-0.39, 0.29) is 19.1 Å². The fourth-order valence-corrected chi connectivity index (χ4v) is 3.52. The maximum Gasteiger partial charge on any atom is 0.338 e. The smallest absolute Gasteiger partial charge is 0.338 e. The van der Waals surface area contributed by atoms with Crippen LogP contribution in [-0.2, 0) is 14.3 Å². The number of aryl methyl sites for hydroxylation is 2. The molecule has 0 bridgehead atoms.